The molecule has 0 aromatic heterocycles. The molecule has 450 valence electrons. The third kappa shape index (κ3) is 64.5. The number of carbonyl (C=O) groups excluding carboxylic acids is 3. The smallest absolute Gasteiger partial charge is 0.306 e. The molecule has 0 aliphatic rings. The first-order chi connectivity index (χ1) is 39.0. The molecule has 0 bridgehead atoms. The number of rotatable bonds is 59. The van der Waals surface area contributed by atoms with Gasteiger partial charge in [0, 0.05) is 19.3 Å². The summed E-state index contributed by atoms with van der Waals surface area (Å²) < 4.78 is 16.9. The average molecular weight is 1100 g/mol. The van der Waals surface area contributed by atoms with Crippen molar-refractivity contribution < 1.29 is 28.6 Å². The Balaban J connectivity index is 4.46. The fraction of sp³-hybridized carbons (Fsp3) is 0.685. The maximum Gasteiger partial charge on any atom is 0.306 e. The minimum Gasteiger partial charge on any atom is -0.462 e. The third-order valence-electron chi connectivity index (χ3n) is 13.9. The zero-order valence-corrected chi connectivity index (χ0v) is 51.6. The monoisotopic (exact) mass is 1090 g/mol. The van der Waals surface area contributed by atoms with E-state index in [9.17, 15) is 14.4 Å². The van der Waals surface area contributed by atoms with Crippen LogP contribution in [0.5, 0.6) is 0 Å². The Morgan fingerprint density at radius 1 is 0.266 bits per heavy atom. The molecule has 6 nitrogen and oxygen atoms in total. The molecule has 0 saturated heterocycles. The molecule has 1 unspecified atom stereocenters. The van der Waals surface area contributed by atoms with Crippen molar-refractivity contribution in [3.8, 4) is 0 Å². The Kier molecular flexibility index (Phi) is 62.8. The molecular weight excluding hydrogens is 973 g/mol. The third-order valence-corrected chi connectivity index (χ3v) is 13.9. The molecule has 0 N–H and O–H groups in total. The lowest BCUT2D eigenvalue weighted by Crippen LogP contribution is -2.30. The quantitative estimate of drug-likeness (QED) is 0.0261. The largest absolute Gasteiger partial charge is 0.462 e. The maximum atomic E-state index is 12.9. The molecule has 0 amide bonds. The van der Waals surface area contributed by atoms with Gasteiger partial charge in [-0.25, -0.2) is 0 Å². The molecule has 0 radical (unpaired) electrons. The van der Waals surface area contributed by atoms with Gasteiger partial charge in [-0.3, -0.25) is 14.4 Å². The van der Waals surface area contributed by atoms with E-state index in [-0.39, 0.29) is 31.1 Å². The molecule has 0 aromatic carbocycles. The van der Waals surface area contributed by atoms with Crippen LogP contribution in [0.4, 0.5) is 0 Å². The van der Waals surface area contributed by atoms with Gasteiger partial charge >= 0.3 is 17.9 Å². The second-order valence-electron chi connectivity index (χ2n) is 21.6. The Hall–Kier alpha value is -4.19. The Morgan fingerprint density at radius 2 is 0.494 bits per heavy atom. The Labute approximate surface area is 488 Å². The summed E-state index contributed by atoms with van der Waals surface area (Å²) in [5.74, 6) is -0.922. The fourth-order valence-corrected chi connectivity index (χ4v) is 8.98. The summed E-state index contributed by atoms with van der Waals surface area (Å²) in [5, 5.41) is 0. The van der Waals surface area contributed by atoms with Crippen LogP contribution in [0.15, 0.2) is 122 Å². The number of unbranched alkanes of at least 4 members (excludes halogenated alkanes) is 28. The Morgan fingerprint density at radius 3 is 0.797 bits per heavy atom. The minimum absolute atomic E-state index is 0.0948. The molecular formula is C73H122O6. The van der Waals surface area contributed by atoms with E-state index in [4.69, 9.17) is 14.2 Å². The van der Waals surface area contributed by atoms with E-state index in [1.165, 1.54) is 122 Å². The van der Waals surface area contributed by atoms with Gasteiger partial charge < -0.3 is 14.2 Å². The lowest BCUT2D eigenvalue weighted by Gasteiger charge is -2.18. The van der Waals surface area contributed by atoms with E-state index in [0.717, 1.165) is 141 Å². The summed E-state index contributed by atoms with van der Waals surface area (Å²) in [7, 11) is 0. The SMILES string of the molecule is CC/C=C\C/C=C\C/C=C\C/C=C\C/C=C\CCCCCCCC(=O)OC(COC(=O)CCCCCCCCC/C=C\C/C=C\CCCCC)COC(=O)CCCCCCCCCC/C=C\C/C=C\C/C=C\CCCCCCC. The molecule has 0 fully saturated rings. The van der Waals surface area contributed by atoms with Crippen LogP contribution < -0.4 is 0 Å². The first-order valence-electron chi connectivity index (χ1n) is 33.0. The maximum absolute atomic E-state index is 12.9. The summed E-state index contributed by atoms with van der Waals surface area (Å²) in [5.41, 5.74) is 0. The van der Waals surface area contributed by atoms with Crippen LogP contribution in [0.3, 0.4) is 0 Å². The number of hydrogen-bond acceptors (Lipinski definition) is 6. The average Bonchev–Trinajstić information content (AvgIpc) is 3.45. The van der Waals surface area contributed by atoms with Crippen molar-refractivity contribution in [1.82, 2.24) is 0 Å². The highest BCUT2D eigenvalue weighted by molar-refractivity contribution is 5.71. The summed E-state index contributed by atoms with van der Waals surface area (Å²) in [6.45, 7) is 6.48. The van der Waals surface area contributed by atoms with Gasteiger partial charge in [-0.05, 0) is 135 Å². The summed E-state index contributed by atoms with van der Waals surface area (Å²) in [6.07, 6.45) is 91.9. The highest BCUT2D eigenvalue weighted by Gasteiger charge is 2.19. The van der Waals surface area contributed by atoms with Gasteiger partial charge in [-0.15, -0.1) is 0 Å². The lowest BCUT2D eigenvalue weighted by molar-refractivity contribution is -0.167. The van der Waals surface area contributed by atoms with Crippen LogP contribution in [0.2, 0.25) is 0 Å². The Bertz CT molecular complexity index is 1640. The van der Waals surface area contributed by atoms with Crippen molar-refractivity contribution in [3.63, 3.8) is 0 Å². The molecule has 0 saturated carbocycles. The van der Waals surface area contributed by atoms with E-state index in [0.29, 0.717) is 19.3 Å². The van der Waals surface area contributed by atoms with Crippen LogP contribution in [-0.4, -0.2) is 37.2 Å². The fourth-order valence-electron chi connectivity index (χ4n) is 8.98. The number of ether oxygens (including phenoxy) is 3. The van der Waals surface area contributed by atoms with Crippen LogP contribution in [0.25, 0.3) is 0 Å². The summed E-state index contributed by atoms with van der Waals surface area (Å²) in [6, 6.07) is 0. The minimum atomic E-state index is -0.801. The van der Waals surface area contributed by atoms with Gasteiger partial charge in [0.2, 0.25) is 0 Å². The van der Waals surface area contributed by atoms with Gasteiger partial charge in [-0.2, -0.15) is 0 Å². The summed E-state index contributed by atoms with van der Waals surface area (Å²) >= 11 is 0. The lowest BCUT2D eigenvalue weighted by atomic mass is 10.1. The zero-order chi connectivity index (χ0) is 57.1. The van der Waals surface area contributed by atoms with Gasteiger partial charge in [0.15, 0.2) is 6.10 Å². The molecule has 79 heavy (non-hydrogen) atoms. The molecule has 0 aromatic rings. The number of carbonyl (C=O) groups is 3. The zero-order valence-electron chi connectivity index (χ0n) is 51.6. The van der Waals surface area contributed by atoms with E-state index < -0.39 is 6.10 Å². The highest BCUT2D eigenvalue weighted by Crippen LogP contribution is 2.15. The van der Waals surface area contributed by atoms with Crippen LogP contribution >= 0.6 is 0 Å². The van der Waals surface area contributed by atoms with E-state index in [2.05, 4.69) is 142 Å². The predicted octanol–water partition coefficient (Wildman–Crippen LogP) is 22.8. The van der Waals surface area contributed by atoms with Crippen molar-refractivity contribution in [1.29, 1.82) is 0 Å². The van der Waals surface area contributed by atoms with Crippen molar-refractivity contribution in [2.24, 2.45) is 0 Å². The molecule has 0 heterocycles. The van der Waals surface area contributed by atoms with E-state index in [1.54, 1.807) is 0 Å². The van der Waals surface area contributed by atoms with Gasteiger partial charge in [0.1, 0.15) is 13.2 Å². The van der Waals surface area contributed by atoms with Crippen molar-refractivity contribution in [2.45, 2.75) is 309 Å². The standard InChI is InChI=1S/C73H122O6/c1-4-7-10-13-16-19-22-25-28-31-33-35-36-38-39-42-45-48-51-54-57-60-63-66-72(75)78-69-70(68-77-71(74)65-62-59-56-53-50-47-44-41-30-27-24-21-18-15-12-9-6-3)79-73(76)67-64-61-58-55-52-49-46-43-40-37-34-32-29-26-23-20-17-14-11-8-5-2/h8,11,17-18,20-22,25-27,29-31,33-34,36-38,43,46,70H,4-7,9-10,12-16,19,23-24,28,32,35,39-42,44-45,47-69H2,1-3H3/b11-8-,20-17-,21-18-,25-22-,29-26-,30-27-,33-31-,37-34-,38-36-,46-43-. The number of hydrogen-bond donors (Lipinski definition) is 0. The van der Waals surface area contributed by atoms with Crippen LogP contribution in [0.1, 0.15) is 303 Å². The van der Waals surface area contributed by atoms with Crippen LogP contribution in [-0.2, 0) is 28.6 Å². The highest BCUT2D eigenvalue weighted by atomic mass is 16.6. The molecule has 0 aliphatic carbocycles. The van der Waals surface area contributed by atoms with Gasteiger partial charge in [0.05, 0.1) is 0 Å². The second-order valence-corrected chi connectivity index (χ2v) is 21.6. The van der Waals surface area contributed by atoms with Gasteiger partial charge in [-0.1, -0.05) is 271 Å². The topological polar surface area (TPSA) is 78.9 Å². The molecule has 0 spiro atoms. The van der Waals surface area contributed by atoms with Crippen LogP contribution in [0, 0.1) is 0 Å². The van der Waals surface area contributed by atoms with E-state index >= 15 is 0 Å². The second kappa shape index (κ2) is 66.3. The van der Waals surface area contributed by atoms with Crippen molar-refractivity contribution in [2.75, 3.05) is 13.2 Å². The first kappa shape index (κ1) is 74.8. The number of allylic oxidation sites excluding steroid dienone is 20. The summed E-state index contributed by atoms with van der Waals surface area (Å²) in [4.78, 5) is 38.4. The van der Waals surface area contributed by atoms with E-state index in [1.807, 2.05) is 0 Å². The van der Waals surface area contributed by atoms with Crippen molar-refractivity contribution >= 4 is 17.9 Å². The van der Waals surface area contributed by atoms with Crippen molar-refractivity contribution in [3.05, 3.63) is 122 Å². The van der Waals surface area contributed by atoms with Gasteiger partial charge in [0.25, 0.3) is 0 Å². The predicted molar refractivity (Wildman–Crippen MR) is 343 cm³/mol. The molecule has 6 heteroatoms. The molecule has 0 rings (SSSR count). The molecule has 1 atom stereocenters. The first-order valence-corrected chi connectivity index (χ1v) is 33.0. The molecule has 0 aliphatic heterocycles. The number of esters is 3. The normalized spacial score (nSPS) is 12.9.